The van der Waals surface area contributed by atoms with Crippen LogP contribution < -0.4 is 10.6 Å². The summed E-state index contributed by atoms with van der Waals surface area (Å²) >= 11 is 1.52. The molecule has 186 valence electrons. The molecule has 2 amide bonds. The van der Waals surface area contributed by atoms with Crippen LogP contribution in [0.25, 0.3) is 21.3 Å². The van der Waals surface area contributed by atoms with Gasteiger partial charge in [0.15, 0.2) is 0 Å². The van der Waals surface area contributed by atoms with Crippen LogP contribution in [-0.2, 0) is 0 Å². The topological polar surface area (TPSA) is 83.0 Å². The second kappa shape index (κ2) is 9.69. The van der Waals surface area contributed by atoms with Gasteiger partial charge < -0.3 is 10.2 Å². The molecule has 0 saturated carbocycles. The number of anilines is 1. The number of pyridine rings is 1. The van der Waals surface area contributed by atoms with Gasteiger partial charge in [-0.2, -0.15) is 13.2 Å². The van der Waals surface area contributed by atoms with Crippen LogP contribution in [0.15, 0.2) is 30.5 Å². The van der Waals surface area contributed by atoms with Gasteiger partial charge in [-0.25, -0.2) is 9.78 Å². The fourth-order valence-corrected chi connectivity index (χ4v) is 5.92. The molecule has 4 heterocycles. The van der Waals surface area contributed by atoms with E-state index in [0.29, 0.717) is 18.7 Å². The molecular weight excluding hydrogens is 477 g/mol. The van der Waals surface area contributed by atoms with Crippen LogP contribution in [-0.4, -0.2) is 57.0 Å². The number of piperidine rings is 2. The largest absolute Gasteiger partial charge is 0.390 e. The lowest BCUT2D eigenvalue weighted by Gasteiger charge is -2.48. The van der Waals surface area contributed by atoms with Gasteiger partial charge in [-0.15, -0.1) is 10.2 Å². The molecular formula is C24H27F3N6OS. The molecule has 11 heteroatoms. The molecule has 35 heavy (non-hydrogen) atoms. The van der Waals surface area contributed by atoms with Crippen molar-refractivity contribution in [2.75, 3.05) is 11.9 Å². The summed E-state index contributed by atoms with van der Waals surface area (Å²) < 4.78 is 37.5. The number of fused-ring (bicyclic) bond motifs is 3. The number of aryl methyl sites for hydroxylation is 1. The second-order valence-electron chi connectivity index (χ2n) is 9.32. The average molecular weight is 505 g/mol. The van der Waals surface area contributed by atoms with Crippen molar-refractivity contribution in [1.29, 1.82) is 0 Å². The molecule has 7 nitrogen and oxygen atoms in total. The highest BCUT2D eigenvalue weighted by molar-refractivity contribution is 7.14. The average Bonchev–Trinajstić information content (AvgIpc) is 3.23. The Balaban J connectivity index is 1.27. The molecule has 0 radical (unpaired) electrons. The summed E-state index contributed by atoms with van der Waals surface area (Å²) in [6.45, 7) is 1.83. The number of hydrogen-bond acceptors (Lipinski definition) is 6. The molecule has 2 aliphatic rings. The van der Waals surface area contributed by atoms with Crippen LogP contribution in [0.2, 0.25) is 0 Å². The first-order valence-corrected chi connectivity index (χ1v) is 12.7. The minimum atomic E-state index is -4.16. The zero-order valence-electron chi connectivity index (χ0n) is 19.3. The maximum absolute atomic E-state index is 13.2. The second-order valence-corrected chi connectivity index (χ2v) is 10.5. The Morgan fingerprint density at radius 1 is 1.14 bits per heavy atom. The quantitative estimate of drug-likeness (QED) is 0.478. The fraction of sp³-hybridized carbons (Fsp3) is 0.500. The zero-order chi connectivity index (χ0) is 24.6. The molecule has 3 atom stereocenters. The van der Waals surface area contributed by atoms with Crippen molar-refractivity contribution in [3.63, 3.8) is 0 Å². The monoisotopic (exact) mass is 504 g/mol. The zero-order valence-corrected chi connectivity index (χ0v) is 20.1. The van der Waals surface area contributed by atoms with Crippen LogP contribution in [0.4, 0.5) is 23.8 Å². The van der Waals surface area contributed by atoms with Gasteiger partial charge in [-0.1, -0.05) is 23.5 Å². The minimum Gasteiger partial charge on any atom is -0.318 e. The van der Waals surface area contributed by atoms with E-state index in [2.05, 4.69) is 25.8 Å². The number of alkyl halides is 3. The standard InChI is InChI=1S/C24H27F3N6OS/c1-14-31-32-22(35-14)15-5-6-16-13-29-21(10-17(16)9-15)30-23(34)33-19-3-2-4-20(33)12-18(11-19)28-8-7-24(25,26)27/h5-6,9-10,13,18-20,28H,2-4,7-8,11-12H2,1H3,(H,29,30,34)/t18?,19-,20+. The molecule has 5 rings (SSSR count). The number of amides is 2. The molecule has 2 aromatic heterocycles. The van der Waals surface area contributed by atoms with Crippen molar-refractivity contribution < 1.29 is 18.0 Å². The molecule has 2 N–H and O–H groups in total. The van der Waals surface area contributed by atoms with Gasteiger partial charge in [0.2, 0.25) is 0 Å². The summed E-state index contributed by atoms with van der Waals surface area (Å²) in [5.41, 5.74) is 0.959. The summed E-state index contributed by atoms with van der Waals surface area (Å²) in [6, 6.07) is 7.65. The van der Waals surface area contributed by atoms with E-state index < -0.39 is 12.6 Å². The third-order valence-corrected chi connectivity index (χ3v) is 7.67. The highest BCUT2D eigenvalue weighted by Gasteiger charge is 2.41. The van der Waals surface area contributed by atoms with E-state index in [1.807, 2.05) is 36.1 Å². The van der Waals surface area contributed by atoms with Crippen molar-refractivity contribution in [3.05, 3.63) is 35.5 Å². The van der Waals surface area contributed by atoms with E-state index in [1.165, 1.54) is 11.3 Å². The first kappa shape index (κ1) is 23.9. The third kappa shape index (κ3) is 5.56. The molecule has 3 aromatic rings. The number of hydrogen-bond donors (Lipinski definition) is 2. The van der Waals surface area contributed by atoms with Crippen LogP contribution >= 0.6 is 11.3 Å². The maximum atomic E-state index is 13.2. The maximum Gasteiger partial charge on any atom is 0.390 e. The molecule has 0 aliphatic carbocycles. The summed E-state index contributed by atoms with van der Waals surface area (Å²) in [5, 5.41) is 17.9. The SMILES string of the molecule is Cc1nnc(-c2ccc3cnc(NC(=O)N4[C@@H]5CCC[C@H]4CC(NCCC(F)(F)F)C5)cc3c2)s1. The number of halogens is 3. The number of carbonyl (C=O) groups excluding carboxylic acids is 1. The Bertz CT molecular complexity index is 1200. The molecule has 1 unspecified atom stereocenters. The number of benzene rings is 1. The first-order valence-electron chi connectivity index (χ1n) is 11.8. The predicted molar refractivity (Wildman–Crippen MR) is 129 cm³/mol. The van der Waals surface area contributed by atoms with E-state index in [0.717, 1.165) is 45.6 Å². The summed E-state index contributed by atoms with van der Waals surface area (Å²) in [6.07, 6.45) is 0.807. The van der Waals surface area contributed by atoms with Gasteiger partial charge >= 0.3 is 12.2 Å². The van der Waals surface area contributed by atoms with Crippen molar-refractivity contribution in [2.45, 2.75) is 69.8 Å². The van der Waals surface area contributed by atoms with Crippen LogP contribution in [0.3, 0.4) is 0 Å². The number of nitrogens with zero attached hydrogens (tertiary/aromatic N) is 4. The molecule has 1 aromatic carbocycles. The van der Waals surface area contributed by atoms with E-state index in [9.17, 15) is 18.0 Å². The van der Waals surface area contributed by atoms with Gasteiger partial charge in [0.25, 0.3) is 0 Å². The molecule has 2 aliphatic heterocycles. The van der Waals surface area contributed by atoms with E-state index in [1.54, 1.807) is 6.20 Å². The third-order valence-electron chi connectivity index (χ3n) is 6.78. The number of carbonyl (C=O) groups is 1. The van der Waals surface area contributed by atoms with Crippen molar-refractivity contribution in [1.82, 2.24) is 25.4 Å². The van der Waals surface area contributed by atoms with Crippen molar-refractivity contribution in [2.24, 2.45) is 0 Å². The van der Waals surface area contributed by atoms with E-state index in [4.69, 9.17) is 0 Å². The minimum absolute atomic E-state index is 0.00194. The first-order chi connectivity index (χ1) is 16.7. The van der Waals surface area contributed by atoms with E-state index >= 15 is 0 Å². The highest BCUT2D eigenvalue weighted by Crippen LogP contribution is 2.35. The van der Waals surface area contributed by atoms with E-state index in [-0.39, 0.29) is 30.7 Å². The summed E-state index contributed by atoms with van der Waals surface area (Å²) in [4.78, 5) is 19.6. The lowest BCUT2D eigenvalue weighted by Crippen LogP contribution is -2.59. The number of aromatic nitrogens is 3. The number of urea groups is 1. The van der Waals surface area contributed by atoms with Crippen molar-refractivity contribution in [3.8, 4) is 10.6 Å². The van der Waals surface area contributed by atoms with Gasteiger partial charge in [0, 0.05) is 41.8 Å². The number of rotatable bonds is 5. The molecule has 0 spiro atoms. The predicted octanol–water partition coefficient (Wildman–Crippen LogP) is 5.52. The molecule has 2 fully saturated rings. The van der Waals surface area contributed by atoms with Gasteiger partial charge in [-0.3, -0.25) is 5.32 Å². The number of nitrogens with one attached hydrogen (secondary N) is 2. The Labute approximate surface area is 205 Å². The Kier molecular flexibility index (Phi) is 6.63. The lowest BCUT2D eigenvalue weighted by atomic mass is 9.82. The summed E-state index contributed by atoms with van der Waals surface area (Å²) in [7, 11) is 0. The normalized spacial score (nSPS) is 22.4. The lowest BCUT2D eigenvalue weighted by molar-refractivity contribution is -0.133. The van der Waals surface area contributed by atoms with Gasteiger partial charge in [0.1, 0.15) is 15.8 Å². The Hall–Kier alpha value is -2.79. The molecule has 2 bridgehead atoms. The van der Waals surface area contributed by atoms with Crippen LogP contribution in [0, 0.1) is 6.92 Å². The van der Waals surface area contributed by atoms with Crippen LogP contribution in [0.5, 0.6) is 0 Å². The Morgan fingerprint density at radius 2 is 1.91 bits per heavy atom. The molecule has 2 saturated heterocycles. The van der Waals surface area contributed by atoms with Gasteiger partial charge in [0.05, 0.1) is 6.42 Å². The summed E-state index contributed by atoms with van der Waals surface area (Å²) in [5.74, 6) is 0.469. The van der Waals surface area contributed by atoms with Gasteiger partial charge in [-0.05, 0) is 56.5 Å². The fourth-order valence-electron chi connectivity index (χ4n) is 5.23. The van der Waals surface area contributed by atoms with Crippen LogP contribution in [0.1, 0.15) is 43.5 Å². The highest BCUT2D eigenvalue weighted by atomic mass is 32.1. The smallest absolute Gasteiger partial charge is 0.318 e. The Morgan fingerprint density at radius 3 is 2.60 bits per heavy atom. The van der Waals surface area contributed by atoms with Crippen molar-refractivity contribution >= 4 is 34.0 Å².